The molecule has 0 bridgehead atoms. The predicted molar refractivity (Wildman–Crippen MR) is 103 cm³/mol. The Kier molecular flexibility index (Phi) is 7.23. The van der Waals surface area contributed by atoms with Gasteiger partial charge >= 0.3 is 5.97 Å². The molecule has 2 aromatic carbocycles. The van der Waals surface area contributed by atoms with Crippen molar-refractivity contribution < 1.29 is 23.8 Å². The van der Waals surface area contributed by atoms with Crippen LogP contribution in [0.1, 0.15) is 31.7 Å². The maximum absolute atomic E-state index is 12.5. The number of ether oxygens (including phenoxy) is 3. The maximum Gasteiger partial charge on any atom is 0.314 e. The van der Waals surface area contributed by atoms with E-state index in [9.17, 15) is 9.59 Å². The highest BCUT2D eigenvalue weighted by Gasteiger charge is 2.25. The number of hydrogen-bond acceptors (Lipinski definition) is 5. The second kappa shape index (κ2) is 9.62. The Morgan fingerprint density at radius 2 is 1.74 bits per heavy atom. The summed E-state index contributed by atoms with van der Waals surface area (Å²) in [5.41, 5.74) is 1.31. The van der Waals surface area contributed by atoms with Crippen LogP contribution in [0.25, 0.3) is 0 Å². The fraction of sp³-hybridized carbons (Fsp3) is 0.333. The Hall–Kier alpha value is -3.02. The summed E-state index contributed by atoms with van der Waals surface area (Å²) in [5, 5.41) is 2.72. The van der Waals surface area contributed by atoms with Gasteiger partial charge in [0, 0.05) is 6.07 Å². The van der Waals surface area contributed by atoms with Crippen molar-refractivity contribution in [2.24, 2.45) is 0 Å². The van der Waals surface area contributed by atoms with E-state index in [1.54, 1.807) is 18.2 Å². The van der Waals surface area contributed by atoms with Crippen molar-refractivity contribution in [1.29, 1.82) is 0 Å². The van der Waals surface area contributed by atoms with E-state index in [1.165, 1.54) is 21.1 Å². The van der Waals surface area contributed by atoms with Crippen molar-refractivity contribution in [3.63, 3.8) is 0 Å². The van der Waals surface area contributed by atoms with Gasteiger partial charge in [-0.25, -0.2) is 0 Å². The van der Waals surface area contributed by atoms with Crippen LogP contribution in [-0.4, -0.2) is 32.2 Å². The van der Waals surface area contributed by atoms with Crippen LogP contribution in [0.15, 0.2) is 48.5 Å². The fourth-order valence-electron chi connectivity index (χ4n) is 2.68. The third kappa shape index (κ3) is 5.23. The number of amides is 1. The number of nitrogens with one attached hydrogen (secondary N) is 1. The molecule has 0 aliphatic carbocycles. The van der Waals surface area contributed by atoms with Crippen molar-refractivity contribution in [1.82, 2.24) is 0 Å². The van der Waals surface area contributed by atoms with Crippen LogP contribution in [0, 0.1) is 0 Å². The number of carbonyl (C=O) groups excluding carboxylic acids is 2. The predicted octanol–water partition coefficient (Wildman–Crippen LogP) is 3.77. The quantitative estimate of drug-likeness (QED) is 0.715. The minimum Gasteiger partial charge on any atom is -0.497 e. The smallest absolute Gasteiger partial charge is 0.314 e. The first-order valence-electron chi connectivity index (χ1n) is 8.78. The number of anilines is 1. The zero-order chi connectivity index (χ0) is 19.8. The number of hydrogen-bond donors (Lipinski definition) is 1. The second-order valence-electron chi connectivity index (χ2n) is 6.01. The van der Waals surface area contributed by atoms with Crippen LogP contribution >= 0.6 is 0 Å². The van der Waals surface area contributed by atoms with Gasteiger partial charge < -0.3 is 19.5 Å². The SMILES string of the molecule is CCC(C(=O)OC(C)C(=O)Nc1cc(OC)ccc1OC)c1ccccc1. The first kappa shape index (κ1) is 20.3. The monoisotopic (exact) mass is 371 g/mol. The molecule has 6 nitrogen and oxygen atoms in total. The Morgan fingerprint density at radius 3 is 2.33 bits per heavy atom. The molecular formula is C21H25NO5. The van der Waals surface area contributed by atoms with E-state index >= 15 is 0 Å². The molecule has 2 unspecified atom stereocenters. The minimum absolute atomic E-state index is 0.409. The van der Waals surface area contributed by atoms with Gasteiger partial charge in [-0.2, -0.15) is 0 Å². The molecule has 0 radical (unpaired) electrons. The summed E-state index contributed by atoms with van der Waals surface area (Å²) in [6, 6.07) is 14.4. The Morgan fingerprint density at radius 1 is 1.04 bits per heavy atom. The molecule has 0 heterocycles. The highest BCUT2D eigenvalue weighted by molar-refractivity contribution is 5.96. The topological polar surface area (TPSA) is 73.9 Å². The van der Waals surface area contributed by atoms with Crippen molar-refractivity contribution in [3.8, 4) is 11.5 Å². The zero-order valence-corrected chi connectivity index (χ0v) is 16.0. The van der Waals surface area contributed by atoms with Crippen molar-refractivity contribution in [2.45, 2.75) is 32.3 Å². The van der Waals surface area contributed by atoms with E-state index in [1.807, 2.05) is 37.3 Å². The van der Waals surface area contributed by atoms with E-state index in [0.717, 1.165) is 5.56 Å². The normalized spacial score (nSPS) is 12.6. The molecular weight excluding hydrogens is 346 g/mol. The standard InChI is InChI=1S/C21H25NO5/c1-5-17(15-9-7-6-8-10-15)21(24)27-14(2)20(23)22-18-13-16(25-3)11-12-19(18)26-4/h6-14,17H,5H2,1-4H3,(H,22,23). The number of benzene rings is 2. The maximum atomic E-state index is 12.5. The molecule has 2 atom stereocenters. The third-order valence-electron chi connectivity index (χ3n) is 4.22. The average molecular weight is 371 g/mol. The Balaban J connectivity index is 2.06. The van der Waals surface area contributed by atoms with E-state index in [-0.39, 0.29) is 0 Å². The molecule has 0 aliphatic heterocycles. The van der Waals surface area contributed by atoms with Gasteiger partial charge in [-0.15, -0.1) is 0 Å². The summed E-state index contributed by atoms with van der Waals surface area (Å²) in [5.74, 6) is -0.223. The lowest BCUT2D eigenvalue weighted by Crippen LogP contribution is -2.31. The van der Waals surface area contributed by atoms with Gasteiger partial charge in [-0.3, -0.25) is 9.59 Å². The summed E-state index contributed by atoms with van der Waals surface area (Å²) < 4.78 is 15.8. The first-order chi connectivity index (χ1) is 13.0. The molecule has 0 fully saturated rings. The summed E-state index contributed by atoms with van der Waals surface area (Å²) in [4.78, 5) is 25.0. The van der Waals surface area contributed by atoms with Gasteiger partial charge in [-0.1, -0.05) is 37.3 Å². The van der Waals surface area contributed by atoms with Crippen molar-refractivity contribution >= 4 is 17.6 Å². The molecule has 144 valence electrons. The molecule has 27 heavy (non-hydrogen) atoms. The van der Waals surface area contributed by atoms with Crippen molar-refractivity contribution in [3.05, 3.63) is 54.1 Å². The lowest BCUT2D eigenvalue weighted by Gasteiger charge is -2.19. The van der Waals surface area contributed by atoms with Gasteiger partial charge in [0.25, 0.3) is 5.91 Å². The molecule has 1 N–H and O–H groups in total. The fourth-order valence-corrected chi connectivity index (χ4v) is 2.68. The van der Waals surface area contributed by atoms with Gasteiger partial charge in [0.05, 0.1) is 25.8 Å². The van der Waals surface area contributed by atoms with E-state index < -0.39 is 23.9 Å². The second-order valence-corrected chi connectivity index (χ2v) is 6.01. The zero-order valence-electron chi connectivity index (χ0n) is 16.0. The minimum atomic E-state index is -0.953. The average Bonchev–Trinajstić information content (AvgIpc) is 2.69. The lowest BCUT2D eigenvalue weighted by molar-refractivity contribution is -0.154. The summed E-state index contributed by atoms with van der Waals surface area (Å²) in [7, 11) is 3.04. The van der Waals surface area contributed by atoms with Crippen molar-refractivity contribution in [2.75, 3.05) is 19.5 Å². The van der Waals surface area contributed by atoms with Crippen LogP contribution in [0.2, 0.25) is 0 Å². The van der Waals surface area contributed by atoms with E-state index in [4.69, 9.17) is 14.2 Å². The number of carbonyl (C=O) groups is 2. The number of rotatable bonds is 8. The molecule has 2 aromatic rings. The summed E-state index contributed by atoms with van der Waals surface area (Å²) in [6.07, 6.45) is -0.368. The van der Waals surface area contributed by atoms with Gasteiger partial charge in [0.1, 0.15) is 11.5 Å². The van der Waals surface area contributed by atoms with Crippen LogP contribution in [0.5, 0.6) is 11.5 Å². The van der Waals surface area contributed by atoms with E-state index in [2.05, 4.69) is 5.32 Å². The third-order valence-corrected chi connectivity index (χ3v) is 4.22. The van der Waals surface area contributed by atoms with Crippen LogP contribution < -0.4 is 14.8 Å². The summed E-state index contributed by atoms with van der Waals surface area (Å²) in [6.45, 7) is 3.45. The number of esters is 1. The van der Waals surface area contributed by atoms with Gasteiger partial charge in [0.15, 0.2) is 6.10 Å². The number of methoxy groups -OCH3 is 2. The Labute approximate surface area is 159 Å². The van der Waals surface area contributed by atoms with Crippen LogP contribution in [0.4, 0.5) is 5.69 Å². The first-order valence-corrected chi connectivity index (χ1v) is 8.78. The molecule has 0 aromatic heterocycles. The van der Waals surface area contributed by atoms with E-state index in [0.29, 0.717) is 23.6 Å². The molecule has 0 aliphatic rings. The highest BCUT2D eigenvalue weighted by atomic mass is 16.5. The van der Waals surface area contributed by atoms with Gasteiger partial charge in [-0.05, 0) is 31.0 Å². The molecule has 0 spiro atoms. The van der Waals surface area contributed by atoms with Crippen LogP contribution in [0.3, 0.4) is 0 Å². The summed E-state index contributed by atoms with van der Waals surface area (Å²) >= 11 is 0. The molecule has 2 rings (SSSR count). The lowest BCUT2D eigenvalue weighted by atomic mass is 9.97. The molecule has 6 heteroatoms. The van der Waals surface area contributed by atoms with Gasteiger partial charge in [0.2, 0.25) is 0 Å². The molecule has 1 amide bonds. The molecule has 0 saturated carbocycles. The molecule has 0 saturated heterocycles. The van der Waals surface area contributed by atoms with Crippen LogP contribution in [-0.2, 0) is 14.3 Å². The Bertz CT molecular complexity index is 775. The highest BCUT2D eigenvalue weighted by Crippen LogP contribution is 2.29. The largest absolute Gasteiger partial charge is 0.497 e.